The van der Waals surface area contributed by atoms with Gasteiger partial charge in [-0.05, 0) is 54.0 Å². The van der Waals surface area contributed by atoms with Crippen LogP contribution in [0.25, 0.3) is 0 Å². The minimum atomic E-state index is -1.30. The number of hydrogen-bond acceptors (Lipinski definition) is 7. The number of esters is 1. The Bertz CT molecular complexity index is 955. The number of hydrogen-bond donors (Lipinski definition) is 1. The minimum Gasteiger partial charge on any atom is -0.458 e. The van der Waals surface area contributed by atoms with Gasteiger partial charge in [0.1, 0.15) is 17.2 Å². The van der Waals surface area contributed by atoms with Crippen LogP contribution in [0, 0.1) is 0 Å². The van der Waals surface area contributed by atoms with E-state index in [2.05, 4.69) is 19.2 Å². The van der Waals surface area contributed by atoms with Gasteiger partial charge >= 0.3 is 18.1 Å². The number of amides is 3. The fraction of sp³-hybridized carbons (Fsp3) is 0.593. The molecular weight excluding hydrogens is 494 g/mol. The number of benzene rings is 1. The van der Waals surface area contributed by atoms with Crippen molar-refractivity contribution < 1.29 is 28.6 Å². The molecule has 1 aromatic carbocycles. The molecule has 0 saturated carbocycles. The molecule has 1 saturated heterocycles. The van der Waals surface area contributed by atoms with Crippen molar-refractivity contribution in [1.29, 1.82) is 0 Å². The van der Waals surface area contributed by atoms with Gasteiger partial charge < -0.3 is 24.0 Å². The largest absolute Gasteiger partial charge is 0.458 e. The zero-order valence-electron chi connectivity index (χ0n) is 23.0. The van der Waals surface area contributed by atoms with Crippen molar-refractivity contribution in [1.82, 2.24) is 14.7 Å². The first kappa shape index (κ1) is 30.5. The Kier molecular flexibility index (Phi) is 10.5. The second-order valence-corrected chi connectivity index (χ2v) is 11.2. The summed E-state index contributed by atoms with van der Waals surface area (Å²) in [6, 6.07) is 8.30. The van der Waals surface area contributed by atoms with Crippen LogP contribution in [0.2, 0.25) is 0 Å². The van der Waals surface area contributed by atoms with Gasteiger partial charge in [-0.25, -0.2) is 14.4 Å². The molecule has 0 aliphatic carbocycles. The number of morpholine rings is 1. The SMILES string of the molecule is C=C(S)N(C[C@H](OC(=O)N1CCOCC1)c1ccccc1)C(=O)N(C(C)C)C(C)(C)C(=O)OC(C)(C)C. The van der Waals surface area contributed by atoms with Crippen LogP contribution < -0.4 is 0 Å². The fourth-order valence-electron chi connectivity index (χ4n) is 4.02. The number of carbonyl (C=O) groups is 3. The molecule has 0 bridgehead atoms. The first-order valence-electron chi connectivity index (χ1n) is 12.5. The van der Waals surface area contributed by atoms with Crippen molar-refractivity contribution >= 4 is 30.7 Å². The maximum Gasteiger partial charge on any atom is 0.410 e. The van der Waals surface area contributed by atoms with Crippen LogP contribution in [0.3, 0.4) is 0 Å². The molecule has 206 valence electrons. The molecule has 2 rings (SSSR count). The molecule has 1 atom stereocenters. The van der Waals surface area contributed by atoms with Crippen molar-refractivity contribution in [3.63, 3.8) is 0 Å². The molecule has 0 N–H and O–H groups in total. The predicted molar refractivity (Wildman–Crippen MR) is 145 cm³/mol. The summed E-state index contributed by atoms with van der Waals surface area (Å²) in [6.07, 6.45) is -1.30. The van der Waals surface area contributed by atoms with Crippen molar-refractivity contribution in [2.24, 2.45) is 0 Å². The van der Waals surface area contributed by atoms with E-state index in [1.807, 2.05) is 44.2 Å². The average Bonchev–Trinajstić information content (AvgIpc) is 2.80. The van der Waals surface area contributed by atoms with E-state index in [1.54, 1.807) is 39.5 Å². The number of urea groups is 1. The topological polar surface area (TPSA) is 88.6 Å². The molecule has 9 nitrogen and oxygen atoms in total. The van der Waals surface area contributed by atoms with Gasteiger partial charge in [0, 0.05) is 19.1 Å². The lowest BCUT2D eigenvalue weighted by Crippen LogP contribution is -2.60. The summed E-state index contributed by atoms with van der Waals surface area (Å²) in [4.78, 5) is 44.4. The Morgan fingerprint density at radius 2 is 1.65 bits per heavy atom. The number of nitrogens with zero attached hydrogens (tertiary/aromatic N) is 3. The lowest BCUT2D eigenvalue weighted by atomic mass is 10.0. The highest BCUT2D eigenvalue weighted by atomic mass is 32.1. The Labute approximate surface area is 226 Å². The van der Waals surface area contributed by atoms with Gasteiger partial charge in [-0.2, -0.15) is 0 Å². The third kappa shape index (κ3) is 8.39. The van der Waals surface area contributed by atoms with Crippen LogP contribution in [-0.2, 0) is 19.0 Å². The number of carbonyl (C=O) groups excluding carboxylic acids is 3. The van der Waals surface area contributed by atoms with Crippen molar-refractivity contribution in [2.45, 2.75) is 71.8 Å². The molecule has 0 unspecified atom stereocenters. The summed E-state index contributed by atoms with van der Waals surface area (Å²) in [6.45, 7) is 17.8. The maximum atomic E-state index is 14.0. The second-order valence-electron chi connectivity index (χ2n) is 10.7. The Hall–Kier alpha value is -2.72. The molecule has 1 fully saturated rings. The van der Waals surface area contributed by atoms with E-state index in [0.717, 1.165) is 0 Å². The Balaban J connectivity index is 2.37. The van der Waals surface area contributed by atoms with Gasteiger partial charge in [0.15, 0.2) is 0 Å². The van der Waals surface area contributed by atoms with Gasteiger partial charge in [-0.15, -0.1) is 12.6 Å². The molecule has 0 radical (unpaired) electrons. The normalized spacial score (nSPS) is 15.1. The quantitative estimate of drug-likeness (QED) is 0.378. The van der Waals surface area contributed by atoms with Crippen LogP contribution in [0.4, 0.5) is 9.59 Å². The maximum absolute atomic E-state index is 14.0. The monoisotopic (exact) mass is 535 g/mol. The number of rotatable bonds is 8. The first-order chi connectivity index (χ1) is 17.1. The Morgan fingerprint density at radius 3 is 2.14 bits per heavy atom. The second kappa shape index (κ2) is 12.7. The van der Waals surface area contributed by atoms with Crippen molar-refractivity contribution in [3.8, 4) is 0 Å². The molecule has 10 heteroatoms. The van der Waals surface area contributed by atoms with Crippen molar-refractivity contribution in [3.05, 3.63) is 47.5 Å². The van der Waals surface area contributed by atoms with E-state index in [4.69, 9.17) is 14.2 Å². The third-order valence-electron chi connectivity index (χ3n) is 5.80. The smallest absolute Gasteiger partial charge is 0.410 e. The van der Waals surface area contributed by atoms with E-state index in [-0.39, 0.29) is 17.6 Å². The minimum absolute atomic E-state index is 0.0467. The van der Waals surface area contributed by atoms with Gasteiger partial charge in [-0.3, -0.25) is 4.90 Å². The highest BCUT2D eigenvalue weighted by Gasteiger charge is 2.44. The lowest BCUT2D eigenvalue weighted by molar-refractivity contribution is -0.167. The van der Waals surface area contributed by atoms with E-state index < -0.39 is 35.3 Å². The van der Waals surface area contributed by atoms with Gasteiger partial charge in [-0.1, -0.05) is 36.9 Å². The average molecular weight is 536 g/mol. The predicted octanol–water partition coefficient (Wildman–Crippen LogP) is 4.85. The summed E-state index contributed by atoms with van der Waals surface area (Å²) in [5.74, 6) is -0.537. The summed E-state index contributed by atoms with van der Waals surface area (Å²) >= 11 is 4.39. The van der Waals surface area contributed by atoms with E-state index in [0.29, 0.717) is 31.9 Å². The molecule has 3 amide bonds. The molecule has 37 heavy (non-hydrogen) atoms. The van der Waals surface area contributed by atoms with Crippen LogP contribution in [0.1, 0.15) is 60.1 Å². The van der Waals surface area contributed by atoms with E-state index in [1.165, 1.54) is 9.80 Å². The van der Waals surface area contributed by atoms with Gasteiger partial charge in [0.25, 0.3) is 0 Å². The Morgan fingerprint density at radius 1 is 1.08 bits per heavy atom. The lowest BCUT2D eigenvalue weighted by Gasteiger charge is -2.43. The van der Waals surface area contributed by atoms with Crippen molar-refractivity contribution in [2.75, 3.05) is 32.8 Å². The molecule has 1 heterocycles. The van der Waals surface area contributed by atoms with Crippen LogP contribution in [0.5, 0.6) is 0 Å². The van der Waals surface area contributed by atoms with E-state index in [9.17, 15) is 14.4 Å². The fourth-order valence-corrected chi connectivity index (χ4v) is 4.18. The standard InChI is InChI=1S/C27H41N3O6S/c1-19(2)30(27(7,8)23(31)36-26(4,5)6)24(32)29(20(3)37)18-22(21-12-10-9-11-13-21)35-25(33)28-14-16-34-17-15-28/h9-13,19,22,37H,3,14-18H2,1-2,4-8H3/t22-/m0/s1. The molecular formula is C27H41N3O6S. The molecule has 1 aliphatic heterocycles. The highest BCUT2D eigenvalue weighted by Crippen LogP contribution is 2.29. The summed E-state index contributed by atoms with van der Waals surface area (Å²) in [7, 11) is 0. The van der Waals surface area contributed by atoms with Crippen LogP contribution >= 0.6 is 12.6 Å². The number of thiol groups is 1. The van der Waals surface area contributed by atoms with Gasteiger partial charge in [0.2, 0.25) is 0 Å². The molecule has 0 aromatic heterocycles. The third-order valence-corrected chi connectivity index (χ3v) is 6.04. The summed E-state index contributed by atoms with van der Waals surface area (Å²) in [5, 5.41) is 0.152. The van der Waals surface area contributed by atoms with E-state index >= 15 is 0 Å². The zero-order valence-corrected chi connectivity index (χ0v) is 23.9. The van der Waals surface area contributed by atoms with Crippen LogP contribution in [-0.4, -0.2) is 82.8 Å². The van der Waals surface area contributed by atoms with Crippen LogP contribution in [0.15, 0.2) is 41.9 Å². The first-order valence-corrected chi connectivity index (χ1v) is 12.9. The van der Waals surface area contributed by atoms with Gasteiger partial charge in [0.05, 0.1) is 24.8 Å². The molecule has 1 aromatic rings. The zero-order chi connectivity index (χ0) is 28.0. The highest BCUT2D eigenvalue weighted by molar-refractivity contribution is 7.84. The summed E-state index contributed by atoms with van der Waals surface area (Å²) < 4.78 is 16.8. The summed E-state index contributed by atoms with van der Waals surface area (Å²) in [5.41, 5.74) is -1.31. The number of ether oxygens (including phenoxy) is 3. The molecule has 1 aliphatic rings. The molecule has 0 spiro atoms.